The summed E-state index contributed by atoms with van der Waals surface area (Å²) >= 11 is 0. The van der Waals surface area contributed by atoms with Crippen LogP contribution in [-0.4, -0.2) is 75.3 Å². The number of methoxy groups -OCH3 is 1. The van der Waals surface area contributed by atoms with Crippen LogP contribution >= 0.6 is 0 Å². The average molecular weight is 494 g/mol. The highest BCUT2D eigenvalue weighted by Gasteiger charge is 2.41. The molecule has 0 bridgehead atoms. The zero-order valence-electron chi connectivity index (χ0n) is 20.8. The summed E-state index contributed by atoms with van der Waals surface area (Å²) in [5.41, 5.74) is 5.13. The molecule has 2 fully saturated rings. The van der Waals surface area contributed by atoms with E-state index in [0.717, 1.165) is 54.4 Å². The Morgan fingerprint density at radius 1 is 0.944 bits per heavy atom. The van der Waals surface area contributed by atoms with Crippen LogP contribution in [0.4, 0.5) is 20.2 Å². The van der Waals surface area contributed by atoms with E-state index in [1.165, 1.54) is 5.69 Å². The molecule has 0 radical (unpaired) electrons. The minimum absolute atomic E-state index is 0.318. The molecular formula is C28H33F2N5O. The molecule has 2 aliphatic rings. The molecule has 8 heteroatoms. The average Bonchev–Trinajstić information content (AvgIpc) is 2.90. The fourth-order valence-corrected chi connectivity index (χ4v) is 4.79. The number of piperidine rings is 1. The molecule has 36 heavy (non-hydrogen) atoms. The Morgan fingerprint density at radius 3 is 2.14 bits per heavy atom. The number of likely N-dealkylation sites (N-methyl/N-ethyl adjacent to an activating group) is 1. The molecule has 2 saturated heterocycles. The molecule has 0 spiro atoms. The number of halogens is 2. The summed E-state index contributed by atoms with van der Waals surface area (Å²) in [6.07, 6.45) is 0.349. The predicted octanol–water partition coefficient (Wildman–Crippen LogP) is 4.59. The number of aromatic nitrogens is 1. The van der Waals surface area contributed by atoms with Crippen LogP contribution in [0.2, 0.25) is 0 Å². The van der Waals surface area contributed by atoms with E-state index in [0.29, 0.717) is 18.7 Å². The van der Waals surface area contributed by atoms with Crippen LogP contribution in [0, 0.1) is 0 Å². The van der Waals surface area contributed by atoms with Gasteiger partial charge in [-0.05, 0) is 68.5 Å². The van der Waals surface area contributed by atoms with Crippen molar-refractivity contribution in [2.45, 2.75) is 18.4 Å². The molecule has 0 aliphatic carbocycles. The molecule has 2 N–H and O–H groups in total. The first-order chi connectivity index (χ1) is 17.4. The van der Waals surface area contributed by atoms with Gasteiger partial charge in [0.05, 0.1) is 31.1 Å². The summed E-state index contributed by atoms with van der Waals surface area (Å²) in [6.45, 7) is 4.33. The second kappa shape index (κ2) is 10.4. The monoisotopic (exact) mass is 493 g/mol. The van der Waals surface area contributed by atoms with Gasteiger partial charge in [0, 0.05) is 48.7 Å². The number of alkyl halides is 2. The molecule has 2 aromatic carbocycles. The molecule has 1 unspecified atom stereocenters. The van der Waals surface area contributed by atoms with Gasteiger partial charge < -0.3 is 25.2 Å². The van der Waals surface area contributed by atoms with E-state index in [2.05, 4.69) is 51.7 Å². The van der Waals surface area contributed by atoms with Crippen molar-refractivity contribution in [3.8, 4) is 28.3 Å². The SMILES string of the molecule is COc1ccc(-c2cc(NC3CCNCC3(F)F)cc(-c3ccc(N4CCN(C)CC4)cc3)n2)cc1. The van der Waals surface area contributed by atoms with Gasteiger partial charge in [-0.1, -0.05) is 12.1 Å². The van der Waals surface area contributed by atoms with Gasteiger partial charge in [-0.3, -0.25) is 0 Å². The number of hydrogen-bond acceptors (Lipinski definition) is 6. The molecule has 5 rings (SSSR count). The fourth-order valence-electron chi connectivity index (χ4n) is 4.79. The maximum absolute atomic E-state index is 14.6. The molecule has 6 nitrogen and oxygen atoms in total. The molecule has 0 saturated carbocycles. The van der Waals surface area contributed by atoms with Gasteiger partial charge in [-0.2, -0.15) is 0 Å². The fraction of sp³-hybridized carbons (Fsp3) is 0.393. The van der Waals surface area contributed by atoms with Crippen molar-refractivity contribution in [2.75, 3.05) is 63.6 Å². The summed E-state index contributed by atoms with van der Waals surface area (Å²) in [5.74, 6) is -2.08. The lowest BCUT2D eigenvalue weighted by Gasteiger charge is -2.34. The van der Waals surface area contributed by atoms with Gasteiger partial charge in [0.1, 0.15) is 5.75 Å². The Morgan fingerprint density at radius 2 is 1.56 bits per heavy atom. The van der Waals surface area contributed by atoms with E-state index in [4.69, 9.17) is 9.72 Å². The van der Waals surface area contributed by atoms with Gasteiger partial charge in [-0.25, -0.2) is 13.8 Å². The van der Waals surface area contributed by atoms with Gasteiger partial charge in [0.25, 0.3) is 5.92 Å². The molecule has 1 aromatic heterocycles. The van der Waals surface area contributed by atoms with E-state index < -0.39 is 12.0 Å². The first kappa shape index (κ1) is 24.5. The second-order valence-corrected chi connectivity index (χ2v) is 9.62. The molecular weight excluding hydrogens is 460 g/mol. The molecule has 190 valence electrons. The minimum Gasteiger partial charge on any atom is -0.497 e. The van der Waals surface area contributed by atoms with E-state index in [1.807, 2.05) is 36.4 Å². The Balaban J connectivity index is 1.46. The number of anilines is 2. The quantitative estimate of drug-likeness (QED) is 0.524. The topological polar surface area (TPSA) is 52.7 Å². The van der Waals surface area contributed by atoms with Gasteiger partial charge in [0.15, 0.2) is 0 Å². The van der Waals surface area contributed by atoms with Gasteiger partial charge in [0.2, 0.25) is 0 Å². The lowest BCUT2D eigenvalue weighted by atomic mass is 10.0. The maximum atomic E-state index is 14.6. The standard InChI is InChI=1S/C28H33F2N5O/c1-34-13-15-35(16-14-34)23-7-3-20(4-8-23)25-17-22(32-27-11-12-31-19-28(27,29)30)18-26(33-25)21-5-9-24(36-2)10-6-21/h3-10,17-18,27,31H,11-16,19H2,1-2H3,(H,32,33). The number of nitrogens with one attached hydrogen (secondary N) is 2. The lowest BCUT2D eigenvalue weighted by molar-refractivity contribution is -0.0321. The molecule has 1 atom stereocenters. The highest BCUT2D eigenvalue weighted by atomic mass is 19.3. The third kappa shape index (κ3) is 5.44. The summed E-state index contributed by atoms with van der Waals surface area (Å²) in [5, 5.41) is 5.90. The highest BCUT2D eigenvalue weighted by Crippen LogP contribution is 2.32. The van der Waals surface area contributed by atoms with E-state index in [9.17, 15) is 8.78 Å². The number of piperazine rings is 1. The molecule has 3 heterocycles. The van der Waals surface area contributed by atoms with Crippen molar-refractivity contribution < 1.29 is 13.5 Å². The van der Waals surface area contributed by atoms with Gasteiger partial charge in [-0.15, -0.1) is 0 Å². The molecule has 3 aromatic rings. The number of rotatable bonds is 6. The summed E-state index contributed by atoms with van der Waals surface area (Å²) in [6, 6.07) is 18.8. The van der Waals surface area contributed by atoms with Crippen molar-refractivity contribution in [3.05, 3.63) is 60.7 Å². The van der Waals surface area contributed by atoms with Crippen molar-refractivity contribution in [1.29, 1.82) is 0 Å². The van der Waals surface area contributed by atoms with Crippen LogP contribution in [0.5, 0.6) is 5.75 Å². The number of nitrogens with zero attached hydrogens (tertiary/aromatic N) is 3. The first-order valence-electron chi connectivity index (χ1n) is 12.5. The van der Waals surface area contributed by atoms with Crippen LogP contribution in [0.25, 0.3) is 22.5 Å². The number of ether oxygens (including phenoxy) is 1. The number of benzene rings is 2. The third-order valence-electron chi connectivity index (χ3n) is 7.06. The van der Waals surface area contributed by atoms with E-state index in [1.54, 1.807) is 7.11 Å². The van der Waals surface area contributed by atoms with Crippen molar-refractivity contribution in [3.63, 3.8) is 0 Å². The van der Waals surface area contributed by atoms with Gasteiger partial charge >= 0.3 is 0 Å². The number of hydrogen-bond donors (Lipinski definition) is 2. The second-order valence-electron chi connectivity index (χ2n) is 9.62. The van der Waals surface area contributed by atoms with Crippen LogP contribution in [0.15, 0.2) is 60.7 Å². The summed E-state index contributed by atoms with van der Waals surface area (Å²) < 4.78 is 34.4. The largest absolute Gasteiger partial charge is 0.497 e. The smallest absolute Gasteiger partial charge is 0.279 e. The maximum Gasteiger partial charge on any atom is 0.279 e. The third-order valence-corrected chi connectivity index (χ3v) is 7.06. The number of pyridine rings is 1. The molecule has 0 amide bonds. The Bertz CT molecular complexity index is 1160. The van der Waals surface area contributed by atoms with Crippen molar-refractivity contribution in [1.82, 2.24) is 15.2 Å². The zero-order chi connectivity index (χ0) is 25.1. The van der Waals surface area contributed by atoms with Crippen LogP contribution < -0.4 is 20.3 Å². The van der Waals surface area contributed by atoms with Crippen molar-refractivity contribution in [2.24, 2.45) is 0 Å². The van der Waals surface area contributed by atoms with E-state index >= 15 is 0 Å². The minimum atomic E-state index is -2.83. The zero-order valence-corrected chi connectivity index (χ0v) is 20.8. The first-order valence-corrected chi connectivity index (χ1v) is 12.5. The normalized spacial score (nSPS) is 20.2. The van der Waals surface area contributed by atoms with Crippen LogP contribution in [0.3, 0.4) is 0 Å². The lowest BCUT2D eigenvalue weighted by Crippen LogP contribution is -2.52. The summed E-state index contributed by atoms with van der Waals surface area (Å²) in [7, 11) is 3.77. The highest BCUT2D eigenvalue weighted by molar-refractivity contribution is 5.73. The predicted molar refractivity (Wildman–Crippen MR) is 141 cm³/mol. The molecule has 2 aliphatic heterocycles. The van der Waals surface area contributed by atoms with Crippen molar-refractivity contribution >= 4 is 11.4 Å². The Hall–Kier alpha value is -3.23. The van der Waals surface area contributed by atoms with Crippen LogP contribution in [0.1, 0.15) is 6.42 Å². The van der Waals surface area contributed by atoms with E-state index in [-0.39, 0.29) is 6.54 Å². The summed E-state index contributed by atoms with van der Waals surface area (Å²) in [4.78, 5) is 9.63. The Kier molecular flexibility index (Phi) is 7.07. The van der Waals surface area contributed by atoms with Crippen LogP contribution in [-0.2, 0) is 0 Å². The Labute approximate surface area is 211 Å².